The Labute approximate surface area is 145 Å². The van der Waals surface area contributed by atoms with E-state index in [4.69, 9.17) is 9.15 Å². The number of carbonyl (C=O) groups is 3. The Balaban J connectivity index is 1.84. The van der Waals surface area contributed by atoms with Gasteiger partial charge in [-0.2, -0.15) is 0 Å². The third kappa shape index (κ3) is 4.59. The molecular formula is C18H22N2O5. The third-order valence-electron chi connectivity index (χ3n) is 3.82. The fourth-order valence-electron chi connectivity index (χ4n) is 2.57. The lowest BCUT2D eigenvalue weighted by atomic mass is 10.1. The molecule has 0 saturated carbocycles. The highest BCUT2D eigenvalue weighted by Gasteiger charge is 2.17. The average Bonchev–Trinajstić information content (AvgIpc) is 3.22. The van der Waals surface area contributed by atoms with Gasteiger partial charge in [-0.1, -0.05) is 6.92 Å². The molecule has 7 heteroatoms. The van der Waals surface area contributed by atoms with E-state index in [0.29, 0.717) is 5.56 Å². The van der Waals surface area contributed by atoms with E-state index in [-0.39, 0.29) is 24.7 Å². The number of ketones is 1. The van der Waals surface area contributed by atoms with Crippen LogP contribution in [0.3, 0.4) is 0 Å². The number of nitrogens with zero attached hydrogens (tertiary/aromatic N) is 1. The monoisotopic (exact) mass is 346 g/mol. The van der Waals surface area contributed by atoms with E-state index in [1.54, 1.807) is 12.1 Å². The molecule has 0 saturated heterocycles. The summed E-state index contributed by atoms with van der Waals surface area (Å²) < 4.78 is 11.9. The lowest BCUT2D eigenvalue weighted by Gasteiger charge is -2.08. The number of aromatic nitrogens is 1. The molecule has 25 heavy (non-hydrogen) atoms. The maximum absolute atomic E-state index is 12.3. The molecule has 2 heterocycles. The zero-order valence-corrected chi connectivity index (χ0v) is 14.6. The summed E-state index contributed by atoms with van der Waals surface area (Å²) in [5.41, 5.74) is 2.42. The minimum Gasteiger partial charge on any atom is -0.459 e. The fraction of sp³-hybridized carbons (Fsp3) is 0.389. The number of amides is 1. The molecule has 0 bridgehead atoms. The molecule has 134 valence electrons. The molecule has 0 aliphatic rings. The van der Waals surface area contributed by atoms with Crippen molar-refractivity contribution in [2.45, 2.75) is 33.7 Å². The standard InChI is InChI=1S/C18H22N2O5/c1-4-7-20-12(2)9-14(13(20)3)15(21)11-25-17(22)10-19-18(23)16-6-5-8-24-16/h5-6,8-9H,4,7,10-11H2,1-3H3,(H,19,23). The molecule has 2 rings (SSSR count). The second-order valence-corrected chi connectivity index (χ2v) is 5.68. The molecule has 0 radical (unpaired) electrons. The molecule has 2 aromatic heterocycles. The summed E-state index contributed by atoms with van der Waals surface area (Å²) in [6, 6.07) is 4.86. The van der Waals surface area contributed by atoms with Crippen molar-refractivity contribution in [1.82, 2.24) is 9.88 Å². The number of ether oxygens (including phenoxy) is 1. The highest BCUT2D eigenvalue weighted by molar-refractivity contribution is 5.99. The van der Waals surface area contributed by atoms with Gasteiger partial charge in [-0.3, -0.25) is 14.4 Å². The summed E-state index contributed by atoms with van der Waals surface area (Å²) in [5.74, 6) is -1.36. The van der Waals surface area contributed by atoms with Crippen molar-refractivity contribution in [2.24, 2.45) is 0 Å². The predicted molar refractivity (Wildman–Crippen MR) is 90.5 cm³/mol. The van der Waals surface area contributed by atoms with Crippen LogP contribution in [-0.2, 0) is 16.1 Å². The molecule has 0 spiro atoms. The highest BCUT2D eigenvalue weighted by atomic mass is 16.5. The number of furan rings is 1. The molecule has 0 aromatic carbocycles. The molecule has 0 aliphatic heterocycles. The normalized spacial score (nSPS) is 10.5. The van der Waals surface area contributed by atoms with Gasteiger partial charge in [-0.25, -0.2) is 0 Å². The van der Waals surface area contributed by atoms with Crippen molar-refractivity contribution < 1.29 is 23.5 Å². The van der Waals surface area contributed by atoms with Crippen molar-refractivity contribution in [3.05, 3.63) is 47.2 Å². The van der Waals surface area contributed by atoms with Gasteiger partial charge in [0.15, 0.2) is 12.4 Å². The first-order chi connectivity index (χ1) is 11.9. The van der Waals surface area contributed by atoms with Gasteiger partial charge in [0, 0.05) is 23.5 Å². The summed E-state index contributed by atoms with van der Waals surface area (Å²) >= 11 is 0. The van der Waals surface area contributed by atoms with E-state index in [2.05, 4.69) is 16.8 Å². The molecule has 2 aromatic rings. The van der Waals surface area contributed by atoms with Crippen LogP contribution in [0.1, 0.15) is 45.6 Å². The van der Waals surface area contributed by atoms with E-state index < -0.39 is 11.9 Å². The van der Waals surface area contributed by atoms with Crippen molar-refractivity contribution in [3.63, 3.8) is 0 Å². The predicted octanol–water partition coefficient (Wildman–Crippen LogP) is 2.26. The second-order valence-electron chi connectivity index (χ2n) is 5.68. The van der Waals surface area contributed by atoms with Gasteiger partial charge >= 0.3 is 5.97 Å². The van der Waals surface area contributed by atoms with Crippen molar-refractivity contribution in [2.75, 3.05) is 13.2 Å². The average molecular weight is 346 g/mol. The first-order valence-corrected chi connectivity index (χ1v) is 8.11. The quantitative estimate of drug-likeness (QED) is 0.585. The van der Waals surface area contributed by atoms with Gasteiger partial charge < -0.3 is 19.0 Å². The Morgan fingerprint density at radius 2 is 2.04 bits per heavy atom. The van der Waals surface area contributed by atoms with Crippen LogP contribution in [0.2, 0.25) is 0 Å². The van der Waals surface area contributed by atoms with E-state index in [1.807, 2.05) is 13.8 Å². The first kappa shape index (κ1) is 18.5. The highest BCUT2D eigenvalue weighted by Crippen LogP contribution is 2.16. The zero-order valence-electron chi connectivity index (χ0n) is 14.6. The molecule has 0 atom stereocenters. The smallest absolute Gasteiger partial charge is 0.325 e. The van der Waals surface area contributed by atoms with E-state index >= 15 is 0 Å². The number of aryl methyl sites for hydroxylation is 1. The molecule has 0 unspecified atom stereocenters. The summed E-state index contributed by atoms with van der Waals surface area (Å²) in [7, 11) is 0. The zero-order chi connectivity index (χ0) is 18.4. The largest absolute Gasteiger partial charge is 0.459 e. The Morgan fingerprint density at radius 1 is 1.28 bits per heavy atom. The lowest BCUT2D eigenvalue weighted by Crippen LogP contribution is -2.31. The van der Waals surface area contributed by atoms with Crippen LogP contribution in [0.15, 0.2) is 28.9 Å². The number of Topliss-reactive ketones (excluding diaryl/α,β-unsaturated/α-hetero) is 1. The van der Waals surface area contributed by atoms with Crippen molar-refractivity contribution in [1.29, 1.82) is 0 Å². The number of esters is 1. The Morgan fingerprint density at radius 3 is 2.68 bits per heavy atom. The van der Waals surface area contributed by atoms with Crippen LogP contribution < -0.4 is 5.32 Å². The van der Waals surface area contributed by atoms with Gasteiger partial charge in [0.25, 0.3) is 5.91 Å². The van der Waals surface area contributed by atoms with Crippen molar-refractivity contribution in [3.8, 4) is 0 Å². The molecule has 7 nitrogen and oxygen atoms in total. The Kier molecular flexibility index (Phi) is 6.16. The summed E-state index contributed by atoms with van der Waals surface area (Å²) in [6.07, 6.45) is 2.33. The number of nitrogens with one attached hydrogen (secondary N) is 1. The van der Waals surface area contributed by atoms with Crippen molar-refractivity contribution >= 4 is 17.7 Å². The lowest BCUT2D eigenvalue weighted by molar-refractivity contribution is -0.141. The minimum atomic E-state index is -0.685. The van der Waals surface area contributed by atoms with Gasteiger partial charge in [-0.15, -0.1) is 0 Å². The number of hydrogen-bond donors (Lipinski definition) is 1. The number of rotatable bonds is 8. The maximum Gasteiger partial charge on any atom is 0.325 e. The van der Waals surface area contributed by atoms with Crippen LogP contribution in [0, 0.1) is 13.8 Å². The molecule has 1 amide bonds. The number of carbonyl (C=O) groups excluding carboxylic acids is 3. The first-order valence-electron chi connectivity index (χ1n) is 8.11. The number of hydrogen-bond acceptors (Lipinski definition) is 5. The van der Waals surface area contributed by atoms with E-state index in [1.165, 1.54) is 12.3 Å². The topological polar surface area (TPSA) is 90.5 Å². The summed E-state index contributed by atoms with van der Waals surface area (Å²) in [5, 5.41) is 2.37. The Bertz CT molecular complexity index is 759. The van der Waals surface area contributed by atoms with Gasteiger partial charge in [0.2, 0.25) is 5.78 Å². The van der Waals surface area contributed by atoms with Crippen LogP contribution in [0.4, 0.5) is 0 Å². The maximum atomic E-state index is 12.3. The molecule has 0 aliphatic carbocycles. The van der Waals surface area contributed by atoms with Crippen LogP contribution in [-0.4, -0.2) is 35.4 Å². The second kappa shape index (κ2) is 8.32. The van der Waals surface area contributed by atoms with E-state index in [0.717, 1.165) is 24.4 Å². The van der Waals surface area contributed by atoms with Gasteiger partial charge in [-0.05, 0) is 38.5 Å². The minimum absolute atomic E-state index is 0.104. The fourth-order valence-corrected chi connectivity index (χ4v) is 2.57. The molecule has 0 fully saturated rings. The van der Waals surface area contributed by atoms with Crippen LogP contribution in [0.25, 0.3) is 0 Å². The SMILES string of the molecule is CCCn1c(C)cc(C(=O)COC(=O)CNC(=O)c2ccco2)c1C. The summed E-state index contributed by atoms with van der Waals surface area (Å²) in [6.45, 7) is 6.03. The van der Waals surface area contributed by atoms with E-state index in [9.17, 15) is 14.4 Å². The molecular weight excluding hydrogens is 324 g/mol. The summed E-state index contributed by atoms with van der Waals surface area (Å²) in [4.78, 5) is 35.6. The van der Waals surface area contributed by atoms with Crippen LogP contribution >= 0.6 is 0 Å². The van der Waals surface area contributed by atoms with Gasteiger partial charge in [0.05, 0.1) is 6.26 Å². The third-order valence-corrected chi connectivity index (χ3v) is 3.82. The Hall–Kier alpha value is -2.83. The molecule has 1 N–H and O–H groups in total. The van der Waals surface area contributed by atoms with Gasteiger partial charge in [0.1, 0.15) is 6.54 Å². The van der Waals surface area contributed by atoms with Crippen LogP contribution in [0.5, 0.6) is 0 Å².